The lowest BCUT2D eigenvalue weighted by Gasteiger charge is -2.13. The highest BCUT2D eigenvalue weighted by atomic mass is 127. The minimum atomic E-state index is 0. The Morgan fingerprint density at radius 2 is 1.89 bits per heavy atom. The van der Waals surface area contributed by atoms with Gasteiger partial charge in [-0.2, -0.15) is 0 Å². The van der Waals surface area contributed by atoms with Gasteiger partial charge in [0.15, 0.2) is 17.4 Å². The molecule has 0 aliphatic heterocycles. The number of halogens is 1. The topological polar surface area (TPSA) is 75.8 Å². The molecule has 0 bridgehead atoms. The van der Waals surface area contributed by atoms with E-state index in [0.29, 0.717) is 13.2 Å². The molecule has 0 saturated carbocycles. The molecule has 3 rings (SSSR count). The minimum absolute atomic E-state index is 0. The Hall–Kier alpha value is -2.36. The summed E-state index contributed by atoms with van der Waals surface area (Å²) in [5.41, 5.74) is 2.01. The van der Waals surface area contributed by atoms with Crippen LogP contribution in [0.1, 0.15) is 25.2 Å². The summed E-state index contributed by atoms with van der Waals surface area (Å²) in [4.78, 5) is 4.64. The van der Waals surface area contributed by atoms with Gasteiger partial charge in [0.25, 0.3) is 0 Å². The lowest BCUT2D eigenvalue weighted by molar-refractivity contribution is 0.336. The van der Waals surface area contributed by atoms with Crippen molar-refractivity contribution < 1.29 is 4.74 Å². The second-order valence-corrected chi connectivity index (χ2v) is 5.96. The van der Waals surface area contributed by atoms with Crippen LogP contribution in [0.4, 0.5) is 0 Å². The van der Waals surface area contributed by atoms with Crippen molar-refractivity contribution in [1.29, 1.82) is 0 Å². The van der Waals surface area contributed by atoms with E-state index in [-0.39, 0.29) is 24.0 Å². The summed E-state index contributed by atoms with van der Waals surface area (Å²) < 4.78 is 7.64. The van der Waals surface area contributed by atoms with E-state index in [1.807, 2.05) is 60.8 Å². The number of benzene rings is 1. The van der Waals surface area contributed by atoms with Crippen LogP contribution in [0.15, 0.2) is 53.7 Å². The first-order valence-electron chi connectivity index (χ1n) is 9.33. The lowest BCUT2D eigenvalue weighted by atomic mass is 10.1. The van der Waals surface area contributed by atoms with Gasteiger partial charge in [-0.05, 0) is 44.0 Å². The Bertz CT molecular complexity index is 895. The maximum Gasteiger partial charge on any atom is 0.191 e. The van der Waals surface area contributed by atoms with Gasteiger partial charge in [0, 0.05) is 19.3 Å². The van der Waals surface area contributed by atoms with Crippen LogP contribution in [-0.2, 0) is 13.0 Å². The predicted octanol–water partition coefficient (Wildman–Crippen LogP) is 3.04. The maximum absolute atomic E-state index is 5.69. The molecule has 7 nitrogen and oxygen atoms in total. The Labute approximate surface area is 182 Å². The molecular formula is C20H27IN6O. The quantitative estimate of drug-likeness (QED) is 0.286. The zero-order valence-corrected chi connectivity index (χ0v) is 18.6. The Morgan fingerprint density at radius 1 is 1.07 bits per heavy atom. The van der Waals surface area contributed by atoms with E-state index < -0.39 is 0 Å². The molecule has 2 N–H and O–H groups in total. The van der Waals surface area contributed by atoms with Crippen LogP contribution in [0.2, 0.25) is 0 Å². The number of aliphatic imine (C=N–C) groups is 1. The van der Waals surface area contributed by atoms with Gasteiger partial charge in [-0.3, -0.25) is 4.40 Å². The second-order valence-electron chi connectivity index (χ2n) is 5.96. The summed E-state index contributed by atoms with van der Waals surface area (Å²) in [5.74, 6) is 2.52. The van der Waals surface area contributed by atoms with Crippen LogP contribution in [0.25, 0.3) is 5.65 Å². The van der Waals surface area contributed by atoms with Gasteiger partial charge in [0.1, 0.15) is 12.3 Å². The number of aromatic nitrogens is 3. The number of ether oxygens (including phenoxy) is 1. The van der Waals surface area contributed by atoms with Crippen LogP contribution >= 0.6 is 24.0 Å². The Kier molecular flexibility index (Phi) is 8.99. The molecule has 28 heavy (non-hydrogen) atoms. The summed E-state index contributed by atoms with van der Waals surface area (Å²) in [7, 11) is 0. The maximum atomic E-state index is 5.69. The van der Waals surface area contributed by atoms with Crippen molar-refractivity contribution in [2.75, 3.05) is 19.7 Å². The summed E-state index contributed by atoms with van der Waals surface area (Å²) >= 11 is 0. The average Bonchev–Trinajstić information content (AvgIpc) is 3.11. The van der Waals surface area contributed by atoms with E-state index in [0.717, 1.165) is 42.7 Å². The van der Waals surface area contributed by atoms with Crippen molar-refractivity contribution >= 4 is 35.6 Å². The van der Waals surface area contributed by atoms with Crippen molar-refractivity contribution in [2.45, 2.75) is 26.8 Å². The molecule has 150 valence electrons. The van der Waals surface area contributed by atoms with E-state index in [1.165, 1.54) is 5.56 Å². The highest BCUT2D eigenvalue weighted by Gasteiger charge is 2.06. The number of hydrogen-bond acceptors (Lipinski definition) is 4. The number of hydrogen-bond donors (Lipinski definition) is 2. The average molecular weight is 494 g/mol. The molecule has 0 atom stereocenters. The standard InChI is InChI=1S/C20H26N6O.HI/c1-3-21-20(22-13-12-16-9-5-6-10-17(16)27-4-2)23-15-19-25-24-18-11-7-8-14-26(18)19;/h5-11,14H,3-4,12-13,15H2,1-2H3,(H2,21,22,23);1H. The molecule has 0 saturated heterocycles. The zero-order valence-electron chi connectivity index (χ0n) is 16.3. The number of fused-ring (bicyclic) bond motifs is 1. The third-order valence-corrected chi connectivity index (χ3v) is 4.07. The smallest absolute Gasteiger partial charge is 0.191 e. The fourth-order valence-corrected chi connectivity index (χ4v) is 2.81. The van der Waals surface area contributed by atoms with Crippen molar-refractivity contribution in [1.82, 2.24) is 25.2 Å². The van der Waals surface area contributed by atoms with Gasteiger partial charge < -0.3 is 15.4 Å². The van der Waals surface area contributed by atoms with Crippen LogP contribution in [0.5, 0.6) is 5.75 Å². The lowest BCUT2D eigenvalue weighted by Crippen LogP contribution is -2.38. The zero-order chi connectivity index (χ0) is 18.9. The molecule has 2 aromatic heterocycles. The van der Waals surface area contributed by atoms with Crippen molar-refractivity contribution in [3.05, 3.63) is 60.0 Å². The number of para-hydroxylation sites is 1. The van der Waals surface area contributed by atoms with Crippen LogP contribution in [-0.4, -0.2) is 40.3 Å². The fourth-order valence-electron chi connectivity index (χ4n) is 2.81. The fraction of sp³-hybridized carbons (Fsp3) is 0.350. The normalized spacial score (nSPS) is 11.1. The molecule has 0 fully saturated rings. The number of nitrogens with one attached hydrogen (secondary N) is 2. The largest absolute Gasteiger partial charge is 0.494 e. The molecular weight excluding hydrogens is 467 g/mol. The molecule has 0 spiro atoms. The predicted molar refractivity (Wildman–Crippen MR) is 123 cm³/mol. The third kappa shape index (κ3) is 5.82. The first kappa shape index (κ1) is 21.9. The van der Waals surface area contributed by atoms with Gasteiger partial charge >= 0.3 is 0 Å². The third-order valence-electron chi connectivity index (χ3n) is 4.07. The summed E-state index contributed by atoms with van der Waals surface area (Å²) in [6.07, 6.45) is 2.81. The van der Waals surface area contributed by atoms with Gasteiger partial charge in [-0.15, -0.1) is 34.2 Å². The molecule has 0 amide bonds. The van der Waals surface area contributed by atoms with Gasteiger partial charge in [0.05, 0.1) is 6.61 Å². The number of rotatable bonds is 8. The molecule has 1 aromatic carbocycles. The van der Waals surface area contributed by atoms with E-state index in [1.54, 1.807) is 0 Å². The molecule has 0 unspecified atom stereocenters. The molecule has 0 aliphatic rings. The first-order valence-corrected chi connectivity index (χ1v) is 9.33. The Balaban J connectivity index is 0.00000280. The number of guanidine groups is 1. The number of nitrogens with zero attached hydrogens (tertiary/aromatic N) is 4. The summed E-state index contributed by atoms with van der Waals surface area (Å²) in [6.45, 7) is 6.72. The first-order chi connectivity index (χ1) is 13.3. The van der Waals surface area contributed by atoms with E-state index in [4.69, 9.17) is 4.74 Å². The van der Waals surface area contributed by atoms with E-state index in [2.05, 4.69) is 31.9 Å². The van der Waals surface area contributed by atoms with Crippen LogP contribution in [0, 0.1) is 0 Å². The summed E-state index contributed by atoms with van der Waals surface area (Å²) in [6, 6.07) is 14.0. The van der Waals surface area contributed by atoms with Gasteiger partial charge in [0.2, 0.25) is 0 Å². The molecule has 0 radical (unpaired) electrons. The monoisotopic (exact) mass is 494 g/mol. The number of pyridine rings is 1. The van der Waals surface area contributed by atoms with Crippen molar-refractivity contribution in [3.8, 4) is 5.75 Å². The highest BCUT2D eigenvalue weighted by molar-refractivity contribution is 14.0. The molecule has 3 aromatic rings. The van der Waals surface area contributed by atoms with E-state index >= 15 is 0 Å². The van der Waals surface area contributed by atoms with E-state index in [9.17, 15) is 0 Å². The summed E-state index contributed by atoms with van der Waals surface area (Å²) in [5, 5.41) is 15.0. The van der Waals surface area contributed by atoms with Crippen molar-refractivity contribution in [2.24, 2.45) is 4.99 Å². The Morgan fingerprint density at radius 3 is 2.71 bits per heavy atom. The van der Waals surface area contributed by atoms with Crippen LogP contribution < -0.4 is 15.4 Å². The van der Waals surface area contributed by atoms with Crippen LogP contribution in [0.3, 0.4) is 0 Å². The molecule has 0 aliphatic carbocycles. The van der Waals surface area contributed by atoms with Crippen molar-refractivity contribution in [3.63, 3.8) is 0 Å². The highest BCUT2D eigenvalue weighted by Crippen LogP contribution is 2.17. The van der Waals surface area contributed by atoms with Gasteiger partial charge in [-0.25, -0.2) is 4.99 Å². The second kappa shape index (κ2) is 11.5. The molecule has 2 heterocycles. The molecule has 8 heteroatoms. The SMILES string of the molecule is CCNC(=NCc1nnc2ccccn12)NCCc1ccccc1OCC.I. The van der Waals surface area contributed by atoms with Gasteiger partial charge in [-0.1, -0.05) is 24.3 Å². The minimum Gasteiger partial charge on any atom is -0.494 e.